The van der Waals surface area contributed by atoms with Gasteiger partial charge < -0.3 is 20.1 Å². The highest BCUT2D eigenvalue weighted by Crippen LogP contribution is 2.23. The van der Waals surface area contributed by atoms with Crippen LogP contribution in [0.1, 0.15) is 12.8 Å². The van der Waals surface area contributed by atoms with Gasteiger partial charge in [0.15, 0.2) is 0 Å². The fourth-order valence-corrected chi connectivity index (χ4v) is 2.31. The Hall–Kier alpha value is -3.10. The molecule has 9 nitrogen and oxygen atoms in total. The first-order valence-electron chi connectivity index (χ1n) is 7.58. The van der Waals surface area contributed by atoms with Crippen molar-refractivity contribution in [2.24, 2.45) is 0 Å². The monoisotopic (exact) mass is 349 g/mol. The number of benzene rings is 1. The lowest BCUT2D eigenvalue weighted by Gasteiger charge is -2.13. The van der Waals surface area contributed by atoms with Crippen molar-refractivity contribution in [1.82, 2.24) is 10.6 Å². The van der Waals surface area contributed by atoms with E-state index in [1.54, 1.807) is 24.3 Å². The molecule has 9 heteroatoms. The zero-order valence-corrected chi connectivity index (χ0v) is 13.9. The first-order chi connectivity index (χ1) is 12.0. The average Bonchev–Trinajstić information content (AvgIpc) is 2.91. The summed E-state index contributed by atoms with van der Waals surface area (Å²) in [5.74, 6) is -0.801. The molecule has 0 aromatic heterocycles. The molecular formula is C16H19N3O6. The fraction of sp³-hybridized carbons (Fsp3) is 0.375. The van der Waals surface area contributed by atoms with Gasteiger partial charge in [-0.15, -0.1) is 0 Å². The van der Waals surface area contributed by atoms with Crippen molar-refractivity contribution < 1.29 is 28.7 Å². The summed E-state index contributed by atoms with van der Waals surface area (Å²) in [6.45, 7) is -0.238. The summed E-state index contributed by atoms with van der Waals surface area (Å²) in [5, 5.41) is 4.92. The van der Waals surface area contributed by atoms with Gasteiger partial charge in [0.05, 0.1) is 19.9 Å². The van der Waals surface area contributed by atoms with Gasteiger partial charge >= 0.3 is 12.0 Å². The molecule has 4 amide bonds. The SMILES string of the molecule is COC(=O)CNC(=O)CCC1NC(=O)N(c2ccc(OC)cc2)C1=O. The van der Waals surface area contributed by atoms with Crippen LogP contribution in [0.2, 0.25) is 0 Å². The van der Waals surface area contributed by atoms with E-state index in [1.165, 1.54) is 14.2 Å². The van der Waals surface area contributed by atoms with Crippen LogP contribution in [-0.4, -0.2) is 50.6 Å². The minimum atomic E-state index is -0.793. The second kappa shape index (κ2) is 8.13. The Bertz CT molecular complexity index is 673. The number of carbonyl (C=O) groups is 4. The number of ether oxygens (including phenoxy) is 2. The Morgan fingerprint density at radius 2 is 1.88 bits per heavy atom. The third-order valence-corrected chi connectivity index (χ3v) is 3.67. The number of hydrogen-bond donors (Lipinski definition) is 2. The predicted molar refractivity (Wildman–Crippen MR) is 87.1 cm³/mol. The first kappa shape index (κ1) is 18.2. The number of hydrogen-bond acceptors (Lipinski definition) is 6. The van der Waals surface area contributed by atoms with Crippen molar-refractivity contribution in [3.63, 3.8) is 0 Å². The number of anilines is 1. The zero-order valence-electron chi connectivity index (χ0n) is 13.9. The largest absolute Gasteiger partial charge is 0.497 e. The lowest BCUT2D eigenvalue weighted by Crippen LogP contribution is -2.34. The first-order valence-corrected chi connectivity index (χ1v) is 7.58. The number of nitrogens with zero attached hydrogens (tertiary/aromatic N) is 1. The van der Waals surface area contributed by atoms with E-state index in [1.807, 2.05) is 0 Å². The van der Waals surface area contributed by atoms with E-state index in [0.29, 0.717) is 11.4 Å². The number of rotatable bonds is 7. The molecule has 25 heavy (non-hydrogen) atoms. The molecule has 0 bridgehead atoms. The van der Waals surface area contributed by atoms with Gasteiger partial charge in [-0.25, -0.2) is 9.69 Å². The molecule has 1 atom stereocenters. The number of nitrogens with one attached hydrogen (secondary N) is 2. The van der Waals surface area contributed by atoms with E-state index < -0.39 is 29.9 Å². The third-order valence-electron chi connectivity index (χ3n) is 3.67. The Morgan fingerprint density at radius 3 is 2.48 bits per heavy atom. The summed E-state index contributed by atoms with van der Waals surface area (Å²) < 4.78 is 9.45. The summed E-state index contributed by atoms with van der Waals surface area (Å²) >= 11 is 0. The molecule has 1 aromatic carbocycles. The van der Waals surface area contributed by atoms with Crippen LogP contribution < -0.4 is 20.3 Å². The highest BCUT2D eigenvalue weighted by molar-refractivity contribution is 6.21. The Labute approximate surface area is 144 Å². The number of methoxy groups -OCH3 is 2. The number of carbonyl (C=O) groups excluding carboxylic acids is 4. The van der Waals surface area contributed by atoms with Gasteiger partial charge in [-0.1, -0.05) is 0 Å². The maximum Gasteiger partial charge on any atom is 0.329 e. The molecule has 0 aliphatic carbocycles. The number of urea groups is 1. The molecule has 134 valence electrons. The van der Waals surface area contributed by atoms with E-state index in [9.17, 15) is 19.2 Å². The summed E-state index contributed by atoms with van der Waals surface area (Å²) in [6, 6.07) is 5.14. The number of imide groups is 1. The van der Waals surface area contributed by atoms with E-state index in [2.05, 4.69) is 15.4 Å². The molecule has 1 aliphatic heterocycles. The summed E-state index contributed by atoms with van der Waals surface area (Å²) in [6.07, 6.45) is 0.119. The van der Waals surface area contributed by atoms with Crippen molar-refractivity contribution in [1.29, 1.82) is 0 Å². The quantitative estimate of drug-likeness (QED) is 0.536. The Balaban J connectivity index is 1.91. The van der Waals surface area contributed by atoms with Crippen molar-refractivity contribution in [3.8, 4) is 5.75 Å². The molecule has 1 heterocycles. The molecule has 2 rings (SSSR count). The summed E-state index contributed by atoms with van der Waals surface area (Å²) in [4.78, 5) is 48.1. The maximum atomic E-state index is 12.4. The maximum absolute atomic E-state index is 12.4. The van der Waals surface area contributed by atoms with Crippen LogP contribution in [0.4, 0.5) is 10.5 Å². The molecule has 1 unspecified atom stereocenters. The summed E-state index contributed by atoms with van der Waals surface area (Å²) in [5.41, 5.74) is 0.418. The second-order valence-corrected chi connectivity index (χ2v) is 5.27. The van der Waals surface area contributed by atoms with Crippen molar-refractivity contribution >= 4 is 29.5 Å². The lowest BCUT2D eigenvalue weighted by molar-refractivity contribution is -0.141. The van der Waals surface area contributed by atoms with Crippen LogP contribution in [0.25, 0.3) is 0 Å². The van der Waals surface area contributed by atoms with E-state index >= 15 is 0 Å². The Morgan fingerprint density at radius 1 is 1.20 bits per heavy atom. The van der Waals surface area contributed by atoms with E-state index in [4.69, 9.17) is 4.74 Å². The molecule has 1 saturated heterocycles. The zero-order chi connectivity index (χ0) is 18.4. The van der Waals surface area contributed by atoms with Crippen LogP contribution in [0.5, 0.6) is 5.75 Å². The van der Waals surface area contributed by atoms with Crippen LogP contribution in [-0.2, 0) is 19.1 Å². The minimum absolute atomic E-state index is 0.00979. The molecule has 1 aromatic rings. The van der Waals surface area contributed by atoms with Gasteiger partial charge in [-0.3, -0.25) is 14.4 Å². The highest BCUT2D eigenvalue weighted by Gasteiger charge is 2.38. The van der Waals surface area contributed by atoms with Crippen molar-refractivity contribution in [3.05, 3.63) is 24.3 Å². The highest BCUT2D eigenvalue weighted by atomic mass is 16.5. The van der Waals surface area contributed by atoms with Crippen LogP contribution in [0, 0.1) is 0 Å². The van der Waals surface area contributed by atoms with Gasteiger partial charge in [-0.2, -0.15) is 0 Å². The molecular weight excluding hydrogens is 330 g/mol. The Kier molecular flexibility index (Phi) is 5.93. The van der Waals surface area contributed by atoms with Gasteiger partial charge in [0.2, 0.25) is 5.91 Å². The molecule has 1 aliphatic rings. The van der Waals surface area contributed by atoms with E-state index in [0.717, 1.165) is 4.90 Å². The number of amides is 4. The van der Waals surface area contributed by atoms with Crippen molar-refractivity contribution in [2.45, 2.75) is 18.9 Å². The van der Waals surface area contributed by atoms with Gasteiger partial charge in [0.1, 0.15) is 18.3 Å². The second-order valence-electron chi connectivity index (χ2n) is 5.27. The topological polar surface area (TPSA) is 114 Å². The average molecular weight is 349 g/mol. The van der Waals surface area contributed by atoms with E-state index in [-0.39, 0.29) is 19.4 Å². The number of esters is 1. The fourth-order valence-electron chi connectivity index (χ4n) is 2.31. The molecule has 0 radical (unpaired) electrons. The lowest BCUT2D eigenvalue weighted by atomic mass is 10.1. The normalized spacial score (nSPS) is 16.4. The molecule has 1 fully saturated rings. The minimum Gasteiger partial charge on any atom is -0.497 e. The van der Waals surface area contributed by atoms with Crippen LogP contribution in [0.3, 0.4) is 0 Å². The van der Waals surface area contributed by atoms with Crippen LogP contribution in [0.15, 0.2) is 24.3 Å². The van der Waals surface area contributed by atoms with Gasteiger partial charge in [0.25, 0.3) is 5.91 Å². The predicted octanol–water partition coefficient (Wildman–Crippen LogP) is 0.189. The van der Waals surface area contributed by atoms with Crippen molar-refractivity contribution in [2.75, 3.05) is 25.7 Å². The van der Waals surface area contributed by atoms with Gasteiger partial charge in [0, 0.05) is 6.42 Å². The standard InChI is InChI=1S/C16H19N3O6/c1-24-11-5-3-10(4-6-11)19-15(22)12(18-16(19)23)7-8-13(20)17-9-14(21)25-2/h3-6,12H,7-9H2,1-2H3,(H,17,20)(H,18,23). The smallest absolute Gasteiger partial charge is 0.329 e. The third kappa shape index (κ3) is 4.46. The molecule has 0 saturated carbocycles. The summed E-state index contributed by atoms with van der Waals surface area (Å²) in [7, 11) is 2.74. The molecule has 0 spiro atoms. The molecule has 2 N–H and O–H groups in total. The van der Waals surface area contributed by atoms with Gasteiger partial charge in [-0.05, 0) is 30.7 Å². The van der Waals surface area contributed by atoms with Crippen LogP contribution >= 0.6 is 0 Å².